The fraction of sp³-hybridized carbons (Fsp3) is 0.333. The third kappa shape index (κ3) is 3.19. The summed E-state index contributed by atoms with van der Waals surface area (Å²) in [5.74, 6) is 0. The van der Waals surface area contributed by atoms with Crippen molar-refractivity contribution in [2.75, 3.05) is 6.61 Å². The van der Waals surface area contributed by atoms with Crippen molar-refractivity contribution in [3.8, 4) is 0 Å². The Hall–Kier alpha value is -2.62. The topological polar surface area (TPSA) is 149 Å². The Bertz CT molecular complexity index is 508. The van der Waals surface area contributed by atoms with E-state index < -0.39 is 38.4 Å². The highest BCUT2D eigenvalue weighted by Crippen LogP contribution is 2.37. The van der Waals surface area contributed by atoms with Crippen molar-refractivity contribution in [1.29, 1.82) is 0 Å². The maximum atomic E-state index is 10.7. The normalized spacial score (nSPS) is 10.2. The average Bonchev–Trinajstić information content (AvgIpc) is 2.34. The molecule has 1 rings (SSSR count). The van der Waals surface area contributed by atoms with Gasteiger partial charge in [0.1, 0.15) is 0 Å². The first-order valence-corrected chi connectivity index (χ1v) is 5.06. The van der Waals surface area contributed by atoms with Crippen LogP contribution < -0.4 is 0 Å². The van der Waals surface area contributed by atoms with Gasteiger partial charge in [0.05, 0.1) is 21.4 Å². The minimum Gasteiger partial charge on any atom is -0.258 e. The predicted molar refractivity (Wildman–Crippen MR) is 60.3 cm³/mol. The molecule has 0 atom stereocenters. The van der Waals surface area contributed by atoms with Crippen molar-refractivity contribution in [3.05, 3.63) is 48.0 Å². The Morgan fingerprint density at radius 2 is 1.37 bits per heavy atom. The van der Waals surface area contributed by atoms with Gasteiger partial charge in [0.25, 0.3) is 0 Å². The molecular weight excluding hydrogens is 262 g/mol. The minimum atomic E-state index is -1.16. The van der Waals surface area contributed by atoms with Crippen LogP contribution in [0.2, 0.25) is 0 Å². The zero-order chi connectivity index (χ0) is 14.6. The van der Waals surface area contributed by atoms with Crippen LogP contribution in [0, 0.1) is 30.3 Å². The van der Waals surface area contributed by atoms with E-state index in [2.05, 4.69) is 0 Å². The molecule has 101 valence electrons. The second kappa shape index (κ2) is 5.82. The van der Waals surface area contributed by atoms with Gasteiger partial charge in [-0.25, -0.2) is 5.11 Å². The van der Waals surface area contributed by atoms with Gasteiger partial charge in [0.2, 0.25) is 0 Å². The van der Waals surface area contributed by atoms with Gasteiger partial charge in [0.15, 0.2) is 0 Å². The molecule has 1 radical (unpaired) electrons. The second-order valence-electron chi connectivity index (χ2n) is 3.56. The fourth-order valence-corrected chi connectivity index (χ4v) is 1.55. The number of nitro benzene ring substituents is 3. The summed E-state index contributed by atoms with van der Waals surface area (Å²) in [4.78, 5) is 29.0. The first-order valence-electron chi connectivity index (χ1n) is 5.06. The Morgan fingerprint density at radius 1 is 0.895 bits per heavy atom. The maximum Gasteiger partial charge on any atom is 0.422 e. The van der Waals surface area contributed by atoms with Gasteiger partial charge in [0, 0.05) is 12.1 Å². The van der Waals surface area contributed by atoms with Crippen molar-refractivity contribution in [3.63, 3.8) is 0 Å². The van der Waals surface area contributed by atoms with Crippen LogP contribution in [0.25, 0.3) is 0 Å². The molecule has 0 aliphatic carbocycles. The second-order valence-corrected chi connectivity index (χ2v) is 3.56. The largest absolute Gasteiger partial charge is 0.422 e. The Labute approximate surface area is 105 Å². The lowest BCUT2D eigenvalue weighted by Gasteiger charge is -2.01. The SMILES string of the molecule is [O]CCCc1cc([N+](=O)[O-])c([N+](=O)[O-])c([N+](=O)[O-])c1. The molecule has 1 aromatic rings. The van der Waals surface area contributed by atoms with Gasteiger partial charge in [-0.15, -0.1) is 0 Å². The molecule has 19 heavy (non-hydrogen) atoms. The molecule has 0 aromatic heterocycles. The van der Waals surface area contributed by atoms with Crippen molar-refractivity contribution in [2.24, 2.45) is 0 Å². The summed E-state index contributed by atoms with van der Waals surface area (Å²) < 4.78 is 0. The molecule has 0 amide bonds. The average molecular weight is 270 g/mol. The Kier molecular flexibility index (Phi) is 4.42. The molecule has 0 N–H and O–H groups in total. The van der Waals surface area contributed by atoms with E-state index in [9.17, 15) is 35.4 Å². The highest BCUT2D eigenvalue weighted by molar-refractivity contribution is 5.67. The summed E-state index contributed by atoms with van der Waals surface area (Å²) in [6, 6.07) is 1.78. The molecule has 0 unspecified atom stereocenters. The fourth-order valence-electron chi connectivity index (χ4n) is 1.55. The van der Waals surface area contributed by atoms with Gasteiger partial charge in [-0.1, -0.05) is 0 Å². The predicted octanol–water partition coefficient (Wildman–Crippen LogP) is 1.77. The van der Waals surface area contributed by atoms with E-state index >= 15 is 0 Å². The number of nitrogens with zero attached hydrogens (tertiary/aromatic N) is 3. The van der Waals surface area contributed by atoms with E-state index in [1.807, 2.05) is 0 Å². The van der Waals surface area contributed by atoms with Crippen LogP contribution in [0.5, 0.6) is 0 Å². The zero-order valence-electron chi connectivity index (χ0n) is 9.48. The van der Waals surface area contributed by atoms with Crippen molar-refractivity contribution in [2.45, 2.75) is 12.8 Å². The van der Waals surface area contributed by atoms with Crippen LogP contribution in [-0.2, 0) is 11.5 Å². The molecule has 0 aliphatic heterocycles. The first-order chi connectivity index (χ1) is 8.88. The van der Waals surface area contributed by atoms with Gasteiger partial charge >= 0.3 is 17.1 Å². The van der Waals surface area contributed by atoms with E-state index in [0.29, 0.717) is 0 Å². The lowest BCUT2D eigenvalue weighted by molar-refractivity contribution is -0.441. The molecule has 1 aromatic carbocycles. The van der Waals surface area contributed by atoms with E-state index in [4.69, 9.17) is 0 Å². The third-order valence-electron chi connectivity index (χ3n) is 2.32. The van der Waals surface area contributed by atoms with Crippen LogP contribution in [0.1, 0.15) is 12.0 Å². The molecule has 0 aliphatic rings. The molecule has 0 spiro atoms. The lowest BCUT2D eigenvalue weighted by atomic mass is 10.1. The molecule has 0 saturated carbocycles. The van der Waals surface area contributed by atoms with Crippen LogP contribution >= 0.6 is 0 Å². The maximum absolute atomic E-state index is 10.7. The van der Waals surface area contributed by atoms with Gasteiger partial charge in [-0.05, 0) is 18.4 Å². The Morgan fingerprint density at radius 3 is 1.68 bits per heavy atom. The van der Waals surface area contributed by atoms with Crippen LogP contribution in [0.4, 0.5) is 17.1 Å². The van der Waals surface area contributed by atoms with E-state index in [1.54, 1.807) is 0 Å². The number of benzene rings is 1. The van der Waals surface area contributed by atoms with E-state index in [0.717, 1.165) is 12.1 Å². The number of hydrogen-bond acceptors (Lipinski definition) is 6. The van der Waals surface area contributed by atoms with E-state index in [-0.39, 0.29) is 18.4 Å². The van der Waals surface area contributed by atoms with Crippen LogP contribution in [0.15, 0.2) is 12.1 Å². The monoisotopic (exact) mass is 270 g/mol. The van der Waals surface area contributed by atoms with E-state index in [1.165, 1.54) is 0 Å². The lowest BCUT2D eigenvalue weighted by Crippen LogP contribution is -2.03. The molecule has 0 heterocycles. The summed E-state index contributed by atoms with van der Waals surface area (Å²) in [6.07, 6.45) is 0.218. The summed E-state index contributed by atoms with van der Waals surface area (Å²) in [5.41, 5.74) is -2.89. The molecule has 0 saturated heterocycles. The Balaban J connectivity index is 3.48. The number of aryl methyl sites for hydroxylation is 1. The standard InChI is InChI=1S/C9H8N3O7/c13-3-1-2-6-4-7(10(14)15)9(12(18)19)8(5-6)11(16)17/h4-5H,1-3H2. The van der Waals surface area contributed by atoms with Crippen molar-refractivity contribution in [1.82, 2.24) is 0 Å². The van der Waals surface area contributed by atoms with Gasteiger partial charge < -0.3 is 0 Å². The smallest absolute Gasteiger partial charge is 0.258 e. The molecule has 0 fully saturated rings. The molecule has 10 nitrogen and oxygen atoms in total. The zero-order valence-corrected chi connectivity index (χ0v) is 9.48. The number of rotatable bonds is 6. The van der Waals surface area contributed by atoms with Gasteiger partial charge in [-0.2, -0.15) is 0 Å². The summed E-state index contributed by atoms with van der Waals surface area (Å²) in [5, 5.41) is 42.6. The van der Waals surface area contributed by atoms with Gasteiger partial charge in [-0.3, -0.25) is 30.3 Å². The summed E-state index contributed by atoms with van der Waals surface area (Å²) >= 11 is 0. The summed E-state index contributed by atoms with van der Waals surface area (Å²) in [6.45, 7) is -0.446. The van der Waals surface area contributed by atoms with Crippen molar-refractivity contribution >= 4 is 17.1 Å². The number of hydrogen-bond donors (Lipinski definition) is 0. The van der Waals surface area contributed by atoms with Crippen molar-refractivity contribution < 1.29 is 19.9 Å². The summed E-state index contributed by atoms with van der Waals surface area (Å²) in [7, 11) is 0. The number of nitro groups is 3. The molecule has 0 bridgehead atoms. The third-order valence-corrected chi connectivity index (χ3v) is 2.32. The van der Waals surface area contributed by atoms with Crippen LogP contribution in [0.3, 0.4) is 0 Å². The molecule has 10 heteroatoms. The van der Waals surface area contributed by atoms with Crippen LogP contribution in [-0.4, -0.2) is 21.4 Å². The highest BCUT2D eigenvalue weighted by Gasteiger charge is 2.36. The highest BCUT2D eigenvalue weighted by atomic mass is 16.6. The first kappa shape index (κ1) is 14.4. The quantitative estimate of drug-likeness (QED) is 0.567. The molecular formula is C9H8N3O7. The minimum absolute atomic E-state index is 0.0865.